The Morgan fingerprint density at radius 1 is 0.533 bits per heavy atom. The molecule has 0 heterocycles. The number of ether oxygens (including phenoxy) is 2. The number of hydrogen-bond acceptors (Lipinski definition) is 7. The van der Waals surface area contributed by atoms with E-state index in [0.29, 0.717) is 17.4 Å². The van der Waals surface area contributed by atoms with Crippen LogP contribution < -0.4 is 0 Å². The lowest BCUT2D eigenvalue weighted by Crippen LogP contribution is -2.37. The van der Waals surface area contributed by atoms with E-state index in [0.717, 1.165) is 51.4 Å². The Hall–Kier alpha value is -2.29. The second-order valence-electron chi connectivity index (χ2n) is 17.1. The fourth-order valence-electron chi connectivity index (χ4n) is 6.32. The molecule has 0 aliphatic rings. The van der Waals surface area contributed by atoms with Crippen molar-refractivity contribution in [3.63, 3.8) is 0 Å². The normalized spacial score (nSPS) is 14.0. The lowest BCUT2D eigenvalue weighted by molar-refractivity contribution is -0.870. The monoisotopic (exact) mass is 865 g/mol. The smallest absolute Gasteiger partial charge is 0.462 e. The van der Waals surface area contributed by atoms with E-state index in [1.54, 1.807) is 0 Å². The van der Waals surface area contributed by atoms with Crippen molar-refractivity contribution in [3.8, 4) is 0 Å². The van der Waals surface area contributed by atoms with E-state index in [1.807, 2.05) is 33.3 Å². The summed E-state index contributed by atoms with van der Waals surface area (Å²) in [5, 5.41) is 0. The van der Waals surface area contributed by atoms with Gasteiger partial charge in [-0.05, 0) is 64.2 Å². The Balaban J connectivity index is 4.26. The van der Waals surface area contributed by atoms with E-state index in [2.05, 4.69) is 62.5 Å². The molecule has 1 N–H and O–H groups in total. The minimum Gasteiger partial charge on any atom is -0.462 e. The molecule has 0 aromatic rings. The third-order valence-electron chi connectivity index (χ3n) is 10.0. The zero-order valence-corrected chi connectivity index (χ0v) is 40.1. The molecule has 9 nitrogen and oxygen atoms in total. The van der Waals surface area contributed by atoms with E-state index in [1.165, 1.54) is 109 Å². The Bertz CT molecular complexity index is 1210. The van der Waals surface area contributed by atoms with Gasteiger partial charge < -0.3 is 18.9 Å². The van der Waals surface area contributed by atoms with Gasteiger partial charge in [-0.2, -0.15) is 0 Å². The van der Waals surface area contributed by atoms with Gasteiger partial charge in [0, 0.05) is 12.8 Å². The van der Waals surface area contributed by atoms with Crippen molar-refractivity contribution in [1.82, 2.24) is 0 Å². The summed E-state index contributed by atoms with van der Waals surface area (Å²) < 4.78 is 34.3. The highest BCUT2D eigenvalue weighted by Gasteiger charge is 2.27. The van der Waals surface area contributed by atoms with Crippen molar-refractivity contribution in [1.29, 1.82) is 0 Å². The number of allylic oxidation sites excluding steroid dienone is 10. The zero-order valence-electron chi connectivity index (χ0n) is 39.2. The van der Waals surface area contributed by atoms with Crippen LogP contribution in [-0.4, -0.2) is 74.9 Å². The Kier molecular flexibility index (Phi) is 40.4. The molecule has 0 saturated heterocycles. The standard InChI is InChI=1S/C50H90NO8P/c1-6-8-10-12-14-16-18-20-21-22-23-24-25-26-27-28-29-31-32-34-36-38-40-42-49(52)56-46-48(47-58-60(54,55)57-45-44-51(3,4)5)59-50(53)43-41-39-37-35-33-30-19-17-15-13-11-9-7-2/h8,10,14,16,20-21,30,33,37,39,48H,6-7,9,11-13,15,17-19,22-29,31-32,34-36,38,40-47H2,1-5H3/p+1/b10-8+,16-14+,21-20+,33-30+,39-37+. The molecule has 10 heteroatoms. The SMILES string of the molecule is CC/C=C/C/C=C/C/C=C/CCCCCCCCCCCCCCCC(=O)OCC(COP(=O)(O)OCC[N+](C)(C)C)OC(=O)CC/C=C/C/C=C/CCCCCCCC. The first-order valence-corrected chi connectivity index (χ1v) is 25.5. The van der Waals surface area contributed by atoms with Gasteiger partial charge in [-0.15, -0.1) is 0 Å². The van der Waals surface area contributed by atoms with Gasteiger partial charge in [-0.3, -0.25) is 18.6 Å². The van der Waals surface area contributed by atoms with Gasteiger partial charge in [-0.1, -0.05) is 177 Å². The molecule has 0 spiro atoms. The Morgan fingerprint density at radius 2 is 0.983 bits per heavy atom. The second-order valence-corrected chi connectivity index (χ2v) is 18.6. The van der Waals surface area contributed by atoms with Crippen LogP contribution in [0.5, 0.6) is 0 Å². The summed E-state index contributed by atoms with van der Waals surface area (Å²) in [4.78, 5) is 35.4. The van der Waals surface area contributed by atoms with Crippen molar-refractivity contribution in [3.05, 3.63) is 60.8 Å². The quantitative estimate of drug-likeness (QED) is 0.0212. The summed E-state index contributed by atoms with van der Waals surface area (Å²) in [7, 11) is 1.44. The highest BCUT2D eigenvalue weighted by Crippen LogP contribution is 2.43. The fraction of sp³-hybridized carbons (Fsp3) is 0.760. The molecular weight excluding hydrogens is 774 g/mol. The van der Waals surface area contributed by atoms with E-state index in [-0.39, 0.29) is 32.0 Å². The number of rotatable bonds is 43. The predicted molar refractivity (Wildman–Crippen MR) is 252 cm³/mol. The maximum Gasteiger partial charge on any atom is 0.472 e. The molecule has 2 atom stereocenters. The van der Waals surface area contributed by atoms with Crippen molar-refractivity contribution >= 4 is 19.8 Å². The minimum atomic E-state index is -4.39. The van der Waals surface area contributed by atoms with Gasteiger partial charge in [0.25, 0.3) is 0 Å². The molecule has 0 radical (unpaired) electrons. The van der Waals surface area contributed by atoms with E-state index in [4.69, 9.17) is 18.5 Å². The van der Waals surface area contributed by atoms with Crippen molar-refractivity contribution in [2.75, 3.05) is 47.5 Å². The average Bonchev–Trinajstić information content (AvgIpc) is 3.20. The number of quaternary nitrogens is 1. The van der Waals surface area contributed by atoms with Gasteiger partial charge in [0.2, 0.25) is 0 Å². The number of carbonyl (C=O) groups is 2. The van der Waals surface area contributed by atoms with Crippen LogP contribution in [0.25, 0.3) is 0 Å². The van der Waals surface area contributed by atoms with Crippen LogP contribution in [0.15, 0.2) is 60.8 Å². The largest absolute Gasteiger partial charge is 0.472 e. The maximum absolute atomic E-state index is 12.7. The van der Waals surface area contributed by atoms with Gasteiger partial charge in [0.1, 0.15) is 19.8 Å². The van der Waals surface area contributed by atoms with Crippen molar-refractivity contribution in [2.24, 2.45) is 0 Å². The second kappa shape index (κ2) is 42.0. The van der Waals surface area contributed by atoms with E-state index in [9.17, 15) is 19.0 Å². The number of esters is 2. The van der Waals surface area contributed by atoms with E-state index < -0.39 is 26.5 Å². The predicted octanol–water partition coefficient (Wildman–Crippen LogP) is 14.0. The summed E-state index contributed by atoms with van der Waals surface area (Å²) in [5.74, 6) is -0.878. The topological polar surface area (TPSA) is 108 Å². The fourth-order valence-corrected chi connectivity index (χ4v) is 7.06. The summed E-state index contributed by atoms with van der Waals surface area (Å²) in [6.07, 6.45) is 51.5. The van der Waals surface area contributed by atoms with Crippen LogP contribution in [0.4, 0.5) is 0 Å². The highest BCUT2D eigenvalue weighted by molar-refractivity contribution is 7.47. The van der Waals surface area contributed by atoms with Crippen molar-refractivity contribution < 1.29 is 42.1 Å². The lowest BCUT2D eigenvalue weighted by Gasteiger charge is -2.24. The molecule has 0 fully saturated rings. The molecular formula is C50H91NO8P+. The van der Waals surface area contributed by atoms with Gasteiger partial charge in [0.05, 0.1) is 27.7 Å². The molecule has 0 aromatic heterocycles. The zero-order chi connectivity index (χ0) is 44.3. The van der Waals surface area contributed by atoms with Crippen LogP contribution in [0.3, 0.4) is 0 Å². The molecule has 348 valence electrons. The summed E-state index contributed by atoms with van der Waals surface area (Å²) in [5.41, 5.74) is 0. The number of hydrogen-bond donors (Lipinski definition) is 1. The van der Waals surface area contributed by atoms with Crippen LogP contribution in [0.2, 0.25) is 0 Å². The summed E-state index contributed by atoms with van der Waals surface area (Å²) in [6, 6.07) is 0. The van der Waals surface area contributed by atoms with Crippen LogP contribution in [-0.2, 0) is 32.7 Å². The van der Waals surface area contributed by atoms with Crippen LogP contribution in [0.1, 0.15) is 194 Å². The summed E-state index contributed by atoms with van der Waals surface area (Å²) >= 11 is 0. The molecule has 0 aromatic carbocycles. The molecule has 0 bridgehead atoms. The maximum atomic E-state index is 12.7. The molecule has 0 amide bonds. The van der Waals surface area contributed by atoms with Gasteiger partial charge in [0.15, 0.2) is 6.10 Å². The molecule has 0 aliphatic heterocycles. The number of carbonyl (C=O) groups excluding carboxylic acids is 2. The molecule has 0 aliphatic carbocycles. The number of phosphoric ester groups is 1. The third kappa shape index (κ3) is 45.2. The minimum absolute atomic E-state index is 0.0209. The third-order valence-corrected chi connectivity index (χ3v) is 11.0. The molecule has 60 heavy (non-hydrogen) atoms. The van der Waals surface area contributed by atoms with Crippen LogP contribution in [0, 0.1) is 0 Å². The average molecular weight is 865 g/mol. The molecule has 0 rings (SSSR count). The lowest BCUT2D eigenvalue weighted by atomic mass is 10.0. The first-order valence-electron chi connectivity index (χ1n) is 24.0. The molecule has 2 unspecified atom stereocenters. The Labute approximate surface area is 368 Å². The highest BCUT2D eigenvalue weighted by atomic mass is 31.2. The number of nitrogens with zero attached hydrogens (tertiary/aromatic N) is 1. The molecule has 0 saturated carbocycles. The van der Waals surface area contributed by atoms with E-state index >= 15 is 0 Å². The van der Waals surface area contributed by atoms with Crippen molar-refractivity contribution in [2.45, 2.75) is 200 Å². The Morgan fingerprint density at radius 3 is 1.48 bits per heavy atom. The number of likely N-dealkylation sites (N-methyl/N-ethyl adjacent to an activating group) is 1. The van der Waals surface area contributed by atoms with Gasteiger partial charge >= 0.3 is 19.8 Å². The first kappa shape index (κ1) is 57.7. The number of phosphoric acid groups is 1. The van der Waals surface area contributed by atoms with Crippen LogP contribution >= 0.6 is 7.82 Å². The van der Waals surface area contributed by atoms with Gasteiger partial charge in [-0.25, -0.2) is 4.57 Å². The number of unbranched alkanes of at least 4 members (excludes halogenated alkanes) is 19. The summed E-state index contributed by atoms with van der Waals surface area (Å²) in [6.45, 7) is 4.24. The first-order chi connectivity index (χ1) is 29.0.